The molecule has 0 saturated heterocycles. The Balaban J connectivity index is 1.20. The number of hydrogen-bond donors (Lipinski definition) is 0. The zero-order valence-corrected chi connectivity index (χ0v) is 40.3. The van der Waals surface area contributed by atoms with E-state index in [4.69, 9.17) is 0 Å². The molecule has 2 heteroatoms. The lowest BCUT2D eigenvalue weighted by atomic mass is 9.65. The van der Waals surface area contributed by atoms with E-state index >= 15 is 0 Å². The third-order valence-electron chi connectivity index (χ3n) is 14.4. The van der Waals surface area contributed by atoms with Gasteiger partial charge < -0.3 is 9.80 Å². The second kappa shape index (κ2) is 17.9. The SMILES string of the molecule is Cc1cccc(N(c2ccccc2)c2ccc3c(-c4ccccc4)c4c(c(-c5ccccc5)c3c2)-c2c-4c(-c3ccccc3)c3ccc(N(c4ccccc4)c4cccc(C)c4)cc3c2-c2ccccc2)c1. The van der Waals surface area contributed by atoms with Crippen molar-refractivity contribution >= 4 is 55.7 Å². The van der Waals surface area contributed by atoms with E-state index in [-0.39, 0.29) is 0 Å². The smallest absolute Gasteiger partial charge is 0.0468 e. The first kappa shape index (κ1) is 42.8. The maximum Gasteiger partial charge on any atom is 0.0468 e. The highest BCUT2D eigenvalue weighted by Crippen LogP contribution is 2.66. The molecule has 340 valence electrons. The number of aryl methyl sites for hydroxylation is 2. The Kier molecular flexibility index (Phi) is 10.7. The summed E-state index contributed by atoms with van der Waals surface area (Å²) in [7, 11) is 0. The standard InChI is InChI=1S/C70H50N2/c1-47-23-21-37-55(43-47)71(53-33-17-7-18-34-53)57-39-41-59-61(45-57)65(51-29-13-5-14-30-51)69-67(63(59)49-25-9-3-10-26-49)68-64(50-27-11-4-12-28-50)60-42-40-58(46-62(60)66(70(68)69)52-31-15-6-16-32-52)72(54-35-19-8-20-36-54)56-38-22-24-48(2)44-56/h3-46H,1-2H3. The van der Waals surface area contributed by atoms with Crippen LogP contribution in [0.4, 0.5) is 34.1 Å². The molecule has 0 amide bonds. The number of hydrogen-bond acceptors (Lipinski definition) is 2. The molecule has 0 bridgehead atoms. The fourth-order valence-electron chi connectivity index (χ4n) is 11.4. The molecule has 0 radical (unpaired) electrons. The van der Waals surface area contributed by atoms with E-state index < -0.39 is 0 Å². The van der Waals surface area contributed by atoms with Crippen LogP contribution in [0.1, 0.15) is 11.1 Å². The third kappa shape index (κ3) is 7.27. The van der Waals surface area contributed by atoms with Gasteiger partial charge in [-0.3, -0.25) is 0 Å². The molecule has 0 atom stereocenters. The van der Waals surface area contributed by atoms with Gasteiger partial charge in [0, 0.05) is 34.1 Å². The Morgan fingerprint density at radius 1 is 0.194 bits per heavy atom. The lowest BCUT2D eigenvalue weighted by Crippen LogP contribution is -2.12. The van der Waals surface area contributed by atoms with Crippen LogP contribution in [-0.2, 0) is 0 Å². The number of nitrogens with zero attached hydrogens (tertiary/aromatic N) is 2. The summed E-state index contributed by atoms with van der Waals surface area (Å²) in [5.41, 5.74) is 24.0. The number of para-hydroxylation sites is 2. The van der Waals surface area contributed by atoms with Crippen LogP contribution in [0, 0.1) is 13.8 Å². The average Bonchev–Trinajstić information content (AvgIpc) is 3.43. The van der Waals surface area contributed by atoms with Gasteiger partial charge in [0.15, 0.2) is 0 Å². The van der Waals surface area contributed by atoms with E-state index in [1.54, 1.807) is 0 Å². The molecule has 0 N–H and O–H groups in total. The first-order valence-electron chi connectivity index (χ1n) is 24.9. The number of fused-ring (bicyclic) bond motifs is 6. The Morgan fingerprint density at radius 2 is 0.458 bits per heavy atom. The van der Waals surface area contributed by atoms with Crippen molar-refractivity contribution in [1.82, 2.24) is 0 Å². The zero-order valence-electron chi connectivity index (χ0n) is 40.3. The highest BCUT2D eigenvalue weighted by atomic mass is 15.1. The van der Waals surface area contributed by atoms with Gasteiger partial charge in [-0.05, 0) is 186 Å². The molecule has 2 nitrogen and oxygen atoms in total. The van der Waals surface area contributed by atoms with Crippen molar-refractivity contribution in [3.63, 3.8) is 0 Å². The molecule has 0 fully saturated rings. The van der Waals surface area contributed by atoms with Crippen molar-refractivity contribution in [2.45, 2.75) is 13.8 Å². The van der Waals surface area contributed by atoms with Crippen LogP contribution in [0.2, 0.25) is 0 Å². The molecule has 0 aromatic heterocycles. The maximum absolute atomic E-state index is 2.46. The van der Waals surface area contributed by atoms with Gasteiger partial charge in [-0.15, -0.1) is 0 Å². The van der Waals surface area contributed by atoms with Gasteiger partial charge in [-0.2, -0.15) is 0 Å². The Hall–Kier alpha value is -9.24. The summed E-state index contributed by atoms with van der Waals surface area (Å²) in [5.74, 6) is 0. The van der Waals surface area contributed by atoms with Crippen LogP contribution in [0.3, 0.4) is 0 Å². The van der Waals surface area contributed by atoms with Crippen molar-refractivity contribution in [3.8, 4) is 66.8 Å². The van der Waals surface area contributed by atoms with Crippen LogP contribution in [0.5, 0.6) is 0 Å². The number of rotatable bonds is 10. The zero-order chi connectivity index (χ0) is 48.1. The van der Waals surface area contributed by atoms with Crippen LogP contribution in [0.25, 0.3) is 88.3 Å². The summed E-state index contributed by atoms with van der Waals surface area (Å²) in [5, 5.41) is 4.86. The molecule has 0 heterocycles. The molecule has 0 aliphatic heterocycles. The summed E-state index contributed by atoms with van der Waals surface area (Å²) in [4.78, 5) is 4.81. The van der Waals surface area contributed by atoms with Gasteiger partial charge in [-0.1, -0.05) is 194 Å². The fraction of sp³-hybridized carbons (Fsp3) is 0.0286. The summed E-state index contributed by atoms with van der Waals surface area (Å²) in [6.07, 6.45) is 0. The molecule has 0 unspecified atom stereocenters. The third-order valence-corrected chi connectivity index (χ3v) is 14.4. The minimum Gasteiger partial charge on any atom is -0.310 e. The highest BCUT2D eigenvalue weighted by molar-refractivity contribution is 6.33. The van der Waals surface area contributed by atoms with Gasteiger partial charge >= 0.3 is 0 Å². The van der Waals surface area contributed by atoms with Crippen LogP contribution in [0.15, 0.2) is 267 Å². The summed E-state index contributed by atoms with van der Waals surface area (Å²) < 4.78 is 0. The van der Waals surface area contributed by atoms with Crippen LogP contribution < -0.4 is 9.80 Å². The van der Waals surface area contributed by atoms with Crippen molar-refractivity contribution < 1.29 is 0 Å². The molecule has 1 aliphatic carbocycles. The van der Waals surface area contributed by atoms with Crippen molar-refractivity contribution in [2.75, 3.05) is 9.80 Å². The van der Waals surface area contributed by atoms with Crippen molar-refractivity contribution in [3.05, 3.63) is 278 Å². The second-order valence-electron chi connectivity index (χ2n) is 18.9. The second-order valence-corrected chi connectivity index (χ2v) is 18.9. The Bertz CT molecular complexity index is 3700. The summed E-state index contributed by atoms with van der Waals surface area (Å²) in [6.45, 7) is 4.35. The first-order chi connectivity index (χ1) is 35.6. The average molecular weight is 919 g/mol. The predicted molar refractivity (Wildman–Crippen MR) is 306 cm³/mol. The highest BCUT2D eigenvalue weighted by Gasteiger charge is 2.39. The molecular weight excluding hydrogens is 869 g/mol. The molecule has 0 saturated carbocycles. The lowest BCUT2D eigenvalue weighted by molar-refractivity contribution is 1.27. The van der Waals surface area contributed by atoms with E-state index in [2.05, 4.69) is 291 Å². The first-order valence-corrected chi connectivity index (χ1v) is 24.9. The Labute approximate surface area is 422 Å². The van der Waals surface area contributed by atoms with Gasteiger partial charge in [-0.25, -0.2) is 0 Å². The monoisotopic (exact) mass is 918 g/mol. The molecule has 1 aliphatic rings. The molecule has 13 rings (SSSR count). The molecule has 72 heavy (non-hydrogen) atoms. The number of anilines is 6. The normalized spacial score (nSPS) is 11.5. The molecule has 12 aromatic carbocycles. The summed E-state index contributed by atoms with van der Waals surface area (Å²) in [6, 6.07) is 98.0. The Morgan fingerprint density at radius 3 is 0.764 bits per heavy atom. The predicted octanol–water partition coefficient (Wildman–Crippen LogP) is 19.9. The van der Waals surface area contributed by atoms with E-state index in [9.17, 15) is 0 Å². The minimum absolute atomic E-state index is 1.10. The molecule has 12 aromatic rings. The lowest BCUT2D eigenvalue weighted by Gasteiger charge is -2.38. The van der Waals surface area contributed by atoms with Gasteiger partial charge in [0.2, 0.25) is 0 Å². The van der Waals surface area contributed by atoms with E-state index in [1.165, 1.54) is 99.4 Å². The van der Waals surface area contributed by atoms with Gasteiger partial charge in [0.05, 0.1) is 0 Å². The fourth-order valence-corrected chi connectivity index (χ4v) is 11.4. The van der Waals surface area contributed by atoms with E-state index in [0.29, 0.717) is 0 Å². The molecule has 0 spiro atoms. The maximum atomic E-state index is 2.46. The minimum atomic E-state index is 1.10. The van der Waals surface area contributed by atoms with Crippen LogP contribution >= 0.6 is 0 Å². The topological polar surface area (TPSA) is 6.48 Å². The quantitative estimate of drug-likeness (QED) is 0.135. The van der Waals surface area contributed by atoms with Gasteiger partial charge in [0.25, 0.3) is 0 Å². The molecular formula is C70H50N2. The summed E-state index contributed by atoms with van der Waals surface area (Å²) >= 11 is 0. The largest absolute Gasteiger partial charge is 0.310 e. The van der Waals surface area contributed by atoms with Crippen LogP contribution in [-0.4, -0.2) is 0 Å². The van der Waals surface area contributed by atoms with Crippen molar-refractivity contribution in [2.24, 2.45) is 0 Å². The van der Waals surface area contributed by atoms with Gasteiger partial charge in [0.1, 0.15) is 0 Å². The van der Waals surface area contributed by atoms with E-state index in [1.807, 2.05) is 0 Å². The van der Waals surface area contributed by atoms with E-state index in [0.717, 1.165) is 34.1 Å². The number of benzene rings is 12. The van der Waals surface area contributed by atoms with Crippen molar-refractivity contribution in [1.29, 1.82) is 0 Å².